The average Bonchev–Trinajstić information content (AvgIpc) is 2.70. The molecule has 0 fully saturated rings. The van der Waals surface area contributed by atoms with Crippen LogP contribution in [0.1, 0.15) is 17.8 Å². The molecule has 0 spiro atoms. The summed E-state index contributed by atoms with van der Waals surface area (Å²) >= 11 is 5.73. The van der Waals surface area contributed by atoms with E-state index in [4.69, 9.17) is 11.6 Å². The Morgan fingerprint density at radius 1 is 1.26 bits per heavy atom. The number of nitrogens with one attached hydrogen (secondary N) is 1. The maximum Gasteiger partial charge on any atom is 0.246 e. The molecule has 0 aliphatic rings. The highest BCUT2D eigenvalue weighted by molar-refractivity contribution is 7.89. The Morgan fingerprint density at radius 2 is 1.89 bits per heavy atom. The van der Waals surface area contributed by atoms with Crippen LogP contribution in [0.15, 0.2) is 4.90 Å². The number of rotatable bonds is 7. The van der Waals surface area contributed by atoms with Crippen molar-refractivity contribution in [3.8, 4) is 0 Å². The molecule has 0 amide bonds. The summed E-state index contributed by atoms with van der Waals surface area (Å²) < 4.78 is 26.3. The number of H-pyrrole nitrogens is 1. The van der Waals surface area contributed by atoms with Crippen molar-refractivity contribution in [2.24, 2.45) is 0 Å². The number of sulfonamides is 1. The number of nitrogens with zero attached hydrogens (tertiary/aromatic N) is 3. The van der Waals surface area contributed by atoms with E-state index >= 15 is 0 Å². The predicted molar refractivity (Wildman–Crippen MR) is 75.9 cm³/mol. The lowest BCUT2D eigenvalue weighted by atomic mass is 10.4. The molecule has 1 heterocycles. The van der Waals surface area contributed by atoms with Gasteiger partial charge in [-0.1, -0.05) is 0 Å². The van der Waals surface area contributed by atoms with Gasteiger partial charge in [0.25, 0.3) is 0 Å². The van der Waals surface area contributed by atoms with E-state index in [-0.39, 0.29) is 10.8 Å². The van der Waals surface area contributed by atoms with Crippen LogP contribution in [0.5, 0.6) is 0 Å². The Bertz CT molecular complexity index is 513. The van der Waals surface area contributed by atoms with Crippen molar-refractivity contribution >= 4 is 21.6 Å². The summed E-state index contributed by atoms with van der Waals surface area (Å²) in [5, 5.41) is 6.60. The molecule has 110 valence electrons. The predicted octanol–water partition coefficient (Wildman–Crippen LogP) is 1.03. The molecule has 0 atom stereocenters. The molecule has 0 aliphatic carbocycles. The third-order valence-electron chi connectivity index (χ3n) is 2.83. The summed E-state index contributed by atoms with van der Waals surface area (Å²) in [4.78, 5) is 2.23. The normalized spacial score (nSPS) is 12.6. The van der Waals surface area contributed by atoms with Crippen LogP contribution >= 0.6 is 11.6 Å². The van der Waals surface area contributed by atoms with Gasteiger partial charge >= 0.3 is 0 Å². The first-order chi connectivity index (χ1) is 8.80. The Morgan fingerprint density at radius 3 is 2.42 bits per heavy atom. The standard InChI is InChI=1S/C11H21ClN4O2S/c1-9-11(10(8-12)14-13-9)19(17,18)16(4)7-5-6-15(2)3/h5-8H2,1-4H3,(H,13,14). The summed E-state index contributed by atoms with van der Waals surface area (Å²) in [5.41, 5.74) is 0.897. The molecule has 0 aromatic carbocycles. The number of hydrogen-bond acceptors (Lipinski definition) is 4. The zero-order chi connectivity index (χ0) is 14.6. The fourth-order valence-corrected chi connectivity index (χ4v) is 3.59. The third kappa shape index (κ3) is 3.92. The van der Waals surface area contributed by atoms with Crippen molar-refractivity contribution in [3.05, 3.63) is 11.4 Å². The number of aromatic amines is 1. The molecule has 0 bridgehead atoms. The van der Waals surface area contributed by atoms with Gasteiger partial charge in [0.05, 0.1) is 17.3 Å². The van der Waals surface area contributed by atoms with Gasteiger partial charge in [0, 0.05) is 13.6 Å². The highest BCUT2D eigenvalue weighted by Gasteiger charge is 2.27. The fourth-order valence-electron chi connectivity index (χ4n) is 1.79. The van der Waals surface area contributed by atoms with Gasteiger partial charge in [-0.15, -0.1) is 11.6 Å². The first-order valence-corrected chi connectivity index (χ1v) is 7.99. The molecule has 0 aliphatic heterocycles. The van der Waals surface area contributed by atoms with E-state index in [1.807, 2.05) is 19.0 Å². The van der Waals surface area contributed by atoms with Gasteiger partial charge in [-0.25, -0.2) is 12.7 Å². The molecule has 1 rings (SSSR count). The SMILES string of the molecule is Cc1[nH]nc(CCl)c1S(=O)(=O)N(C)CCCN(C)C. The average molecular weight is 309 g/mol. The van der Waals surface area contributed by atoms with Crippen molar-refractivity contribution in [1.82, 2.24) is 19.4 Å². The quantitative estimate of drug-likeness (QED) is 0.764. The maximum absolute atomic E-state index is 12.5. The van der Waals surface area contributed by atoms with Crippen LogP contribution in [-0.4, -0.2) is 62.1 Å². The molecule has 1 aromatic rings. The van der Waals surface area contributed by atoms with Gasteiger partial charge in [0.1, 0.15) is 4.90 Å². The zero-order valence-electron chi connectivity index (χ0n) is 11.8. The van der Waals surface area contributed by atoms with E-state index in [1.54, 1.807) is 14.0 Å². The molecular formula is C11H21ClN4O2S. The first-order valence-electron chi connectivity index (χ1n) is 6.01. The smallest absolute Gasteiger partial charge is 0.246 e. The molecule has 0 saturated heterocycles. The lowest BCUT2D eigenvalue weighted by molar-refractivity contribution is 0.370. The molecule has 0 saturated carbocycles. The summed E-state index contributed by atoms with van der Waals surface area (Å²) in [5.74, 6) is 0.0739. The molecule has 0 unspecified atom stereocenters. The van der Waals surface area contributed by atoms with E-state index in [9.17, 15) is 8.42 Å². The molecule has 1 N–H and O–H groups in total. The van der Waals surface area contributed by atoms with E-state index in [0.717, 1.165) is 13.0 Å². The number of halogens is 1. The van der Waals surface area contributed by atoms with Crippen molar-refractivity contribution in [1.29, 1.82) is 0 Å². The lowest BCUT2D eigenvalue weighted by Crippen LogP contribution is -2.30. The summed E-state index contributed by atoms with van der Waals surface area (Å²) in [7, 11) is 1.97. The van der Waals surface area contributed by atoms with Gasteiger partial charge in [-0.3, -0.25) is 5.10 Å². The summed E-state index contributed by atoms with van der Waals surface area (Å²) in [6, 6.07) is 0. The van der Waals surface area contributed by atoms with Crippen LogP contribution in [-0.2, 0) is 15.9 Å². The Kier molecular flexibility index (Phi) is 5.79. The van der Waals surface area contributed by atoms with Crippen LogP contribution in [0.2, 0.25) is 0 Å². The Balaban J connectivity index is 2.87. The summed E-state index contributed by atoms with van der Waals surface area (Å²) in [6.45, 7) is 2.99. The van der Waals surface area contributed by atoms with Crippen LogP contribution < -0.4 is 0 Å². The number of aryl methyl sites for hydroxylation is 1. The number of aromatic nitrogens is 2. The molecular weight excluding hydrogens is 288 g/mol. The van der Waals surface area contributed by atoms with Crippen molar-refractivity contribution in [3.63, 3.8) is 0 Å². The molecule has 19 heavy (non-hydrogen) atoms. The van der Waals surface area contributed by atoms with Gasteiger partial charge in [0.2, 0.25) is 10.0 Å². The van der Waals surface area contributed by atoms with E-state index in [0.29, 0.717) is 17.9 Å². The van der Waals surface area contributed by atoms with Crippen LogP contribution in [0.4, 0.5) is 0 Å². The maximum atomic E-state index is 12.5. The Labute approximate surface area is 119 Å². The second kappa shape index (κ2) is 6.69. The number of hydrogen-bond donors (Lipinski definition) is 1. The van der Waals surface area contributed by atoms with E-state index in [2.05, 4.69) is 10.2 Å². The Hall–Kier alpha value is -0.630. The minimum Gasteiger partial charge on any atom is -0.309 e. The second-order valence-electron chi connectivity index (χ2n) is 4.74. The van der Waals surface area contributed by atoms with E-state index in [1.165, 1.54) is 4.31 Å². The fraction of sp³-hybridized carbons (Fsp3) is 0.727. The number of alkyl halides is 1. The first kappa shape index (κ1) is 16.4. The minimum atomic E-state index is -3.53. The highest BCUT2D eigenvalue weighted by atomic mass is 35.5. The lowest BCUT2D eigenvalue weighted by Gasteiger charge is -2.18. The van der Waals surface area contributed by atoms with Gasteiger partial charge in [0.15, 0.2) is 0 Å². The summed E-state index contributed by atoms with van der Waals surface area (Å²) in [6.07, 6.45) is 0.774. The van der Waals surface area contributed by atoms with E-state index < -0.39 is 10.0 Å². The molecule has 0 radical (unpaired) electrons. The second-order valence-corrected chi connectivity index (χ2v) is 6.99. The van der Waals surface area contributed by atoms with Crippen molar-refractivity contribution in [2.75, 3.05) is 34.2 Å². The monoisotopic (exact) mass is 308 g/mol. The van der Waals surface area contributed by atoms with Crippen LogP contribution in [0.25, 0.3) is 0 Å². The van der Waals surface area contributed by atoms with Crippen molar-refractivity contribution in [2.45, 2.75) is 24.1 Å². The third-order valence-corrected chi connectivity index (χ3v) is 5.15. The topological polar surface area (TPSA) is 69.3 Å². The molecule has 8 heteroatoms. The van der Waals surface area contributed by atoms with Gasteiger partial charge in [-0.2, -0.15) is 5.10 Å². The largest absolute Gasteiger partial charge is 0.309 e. The van der Waals surface area contributed by atoms with Crippen LogP contribution in [0.3, 0.4) is 0 Å². The van der Waals surface area contributed by atoms with Gasteiger partial charge in [-0.05, 0) is 34.0 Å². The van der Waals surface area contributed by atoms with Crippen molar-refractivity contribution < 1.29 is 8.42 Å². The van der Waals surface area contributed by atoms with Gasteiger partial charge < -0.3 is 4.90 Å². The molecule has 6 nitrogen and oxygen atoms in total. The minimum absolute atomic E-state index is 0.0739. The highest BCUT2D eigenvalue weighted by Crippen LogP contribution is 2.22. The van der Waals surface area contributed by atoms with Crippen LogP contribution in [0, 0.1) is 6.92 Å². The zero-order valence-corrected chi connectivity index (χ0v) is 13.3. The molecule has 1 aromatic heterocycles.